The summed E-state index contributed by atoms with van der Waals surface area (Å²) in [5.41, 5.74) is 3.26. The molecule has 0 unspecified atom stereocenters. The van der Waals surface area contributed by atoms with E-state index in [0.29, 0.717) is 21.2 Å². The van der Waals surface area contributed by atoms with Gasteiger partial charge in [-0.1, -0.05) is 29.3 Å². The van der Waals surface area contributed by atoms with E-state index >= 15 is 0 Å². The molecule has 2 aromatic rings. The minimum atomic E-state index is -0.399. The third kappa shape index (κ3) is 3.50. The van der Waals surface area contributed by atoms with Crippen molar-refractivity contribution in [1.29, 1.82) is 0 Å². The fourth-order valence-corrected chi connectivity index (χ4v) is 1.96. The van der Waals surface area contributed by atoms with E-state index in [4.69, 9.17) is 28.3 Å². The molecular formula is C14H10Cl2N2O2. The number of amides is 1. The number of hydrogen-bond donors (Lipinski definition) is 2. The summed E-state index contributed by atoms with van der Waals surface area (Å²) in [5, 5.41) is 13.8. The van der Waals surface area contributed by atoms with Gasteiger partial charge in [0.1, 0.15) is 5.75 Å². The Bertz CT molecular complexity index is 634. The van der Waals surface area contributed by atoms with Crippen LogP contribution >= 0.6 is 23.2 Å². The third-order valence-electron chi connectivity index (χ3n) is 2.49. The highest BCUT2D eigenvalue weighted by Crippen LogP contribution is 2.22. The first-order chi connectivity index (χ1) is 9.58. The van der Waals surface area contributed by atoms with Crippen LogP contribution in [0.4, 0.5) is 0 Å². The molecule has 0 fully saturated rings. The summed E-state index contributed by atoms with van der Waals surface area (Å²) in [4.78, 5) is 11.7. The van der Waals surface area contributed by atoms with Gasteiger partial charge in [-0.2, -0.15) is 5.10 Å². The Morgan fingerprint density at radius 2 is 1.70 bits per heavy atom. The summed E-state index contributed by atoms with van der Waals surface area (Å²) in [6.45, 7) is 0. The summed E-state index contributed by atoms with van der Waals surface area (Å²) in [6, 6.07) is 10.9. The highest BCUT2D eigenvalue weighted by Gasteiger charge is 2.05. The number of aromatic hydroxyl groups is 1. The van der Waals surface area contributed by atoms with E-state index in [1.165, 1.54) is 30.5 Å². The normalized spacial score (nSPS) is 10.7. The summed E-state index contributed by atoms with van der Waals surface area (Å²) in [5.74, 6) is -0.308. The molecular weight excluding hydrogens is 299 g/mol. The lowest BCUT2D eigenvalue weighted by molar-refractivity contribution is 0.0955. The van der Waals surface area contributed by atoms with Gasteiger partial charge in [-0.15, -0.1) is 0 Å². The molecule has 4 nitrogen and oxygen atoms in total. The molecule has 0 saturated heterocycles. The first-order valence-electron chi connectivity index (χ1n) is 5.64. The van der Waals surface area contributed by atoms with Crippen molar-refractivity contribution in [3.05, 3.63) is 63.6 Å². The standard InChI is InChI=1S/C14H10Cl2N2O2/c15-12-2-1-3-13(16)11(12)8-17-18-14(20)9-4-6-10(19)7-5-9/h1-8,19H,(H,18,20)/b17-8+. The van der Waals surface area contributed by atoms with Crippen LogP contribution in [0, 0.1) is 0 Å². The molecule has 0 spiro atoms. The predicted octanol–water partition coefficient (Wildman–Crippen LogP) is 3.46. The second-order valence-corrected chi connectivity index (χ2v) is 4.70. The summed E-state index contributed by atoms with van der Waals surface area (Å²) in [7, 11) is 0. The van der Waals surface area contributed by atoms with E-state index in [2.05, 4.69) is 10.5 Å². The van der Waals surface area contributed by atoms with Crippen LogP contribution in [-0.4, -0.2) is 17.2 Å². The van der Waals surface area contributed by atoms with Crippen molar-refractivity contribution < 1.29 is 9.90 Å². The van der Waals surface area contributed by atoms with Gasteiger partial charge in [0, 0.05) is 11.1 Å². The summed E-state index contributed by atoms with van der Waals surface area (Å²) >= 11 is 11.9. The molecule has 102 valence electrons. The number of rotatable bonds is 3. The molecule has 0 saturated carbocycles. The fourth-order valence-electron chi connectivity index (χ4n) is 1.47. The second-order valence-electron chi connectivity index (χ2n) is 3.88. The van der Waals surface area contributed by atoms with E-state index in [9.17, 15) is 4.79 Å². The average Bonchev–Trinajstić information content (AvgIpc) is 2.42. The molecule has 0 aliphatic carbocycles. The number of carbonyl (C=O) groups excluding carboxylic acids is 1. The van der Waals surface area contributed by atoms with Crippen molar-refractivity contribution in [3.63, 3.8) is 0 Å². The number of benzene rings is 2. The minimum absolute atomic E-state index is 0.0906. The van der Waals surface area contributed by atoms with Gasteiger partial charge in [0.25, 0.3) is 5.91 Å². The first kappa shape index (κ1) is 14.4. The molecule has 2 N–H and O–H groups in total. The summed E-state index contributed by atoms with van der Waals surface area (Å²) in [6.07, 6.45) is 1.38. The van der Waals surface area contributed by atoms with Crippen LogP contribution in [0.15, 0.2) is 47.6 Å². The molecule has 6 heteroatoms. The Hall–Kier alpha value is -2.04. The van der Waals surface area contributed by atoms with E-state index in [-0.39, 0.29) is 5.75 Å². The molecule has 0 aromatic heterocycles. The van der Waals surface area contributed by atoms with Crippen LogP contribution in [0.3, 0.4) is 0 Å². The lowest BCUT2D eigenvalue weighted by Gasteiger charge is -2.02. The molecule has 1 amide bonds. The fraction of sp³-hybridized carbons (Fsp3) is 0. The minimum Gasteiger partial charge on any atom is -0.508 e. The molecule has 0 bridgehead atoms. The zero-order valence-electron chi connectivity index (χ0n) is 10.2. The maximum absolute atomic E-state index is 11.7. The molecule has 0 aliphatic rings. The van der Waals surface area contributed by atoms with Crippen LogP contribution in [0.1, 0.15) is 15.9 Å². The molecule has 2 aromatic carbocycles. The lowest BCUT2D eigenvalue weighted by Crippen LogP contribution is -2.17. The Kier molecular flexibility index (Phi) is 4.61. The molecule has 0 aliphatic heterocycles. The number of carbonyl (C=O) groups is 1. The SMILES string of the molecule is O=C(N/N=C/c1c(Cl)cccc1Cl)c1ccc(O)cc1. The van der Waals surface area contributed by atoms with Gasteiger partial charge in [-0.3, -0.25) is 4.79 Å². The maximum Gasteiger partial charge on any atom is 0.271 e. The van der Waals surface area contributed by atoms with Crippen molar-refractivity contribution >= 4 is 35.3 Å². The van der Waals surface area contributed by atoms with Crippen LogP contribution in [0.25, 0.3) is 0 Å². The van der Waals surface area contributed by atoms with Crippen LogP contribution < -0.4 is 5.43 Å². The average molecular weight is 309 g/mol. The van der Waals surface area contributed by atoms with Crippen LogP contribution in [-0.2, 0) is 0 Å². The molecule has 20 heavy (non-hydrogen) atoms. The maximum atomic E-state index is 11.7. The van der Waals surface area contributed by atoms with Gasteiger partial charge < -0.3 is 5.11 Å². The van der Waals surface area contributed by atoms with Crippen LogP contribution in [0.5, 0.6) is 5.75 Å². The highest BCUT2D eigenvalue weighted by atomic mass is 35.5. The summed E-state index contributed by atoms with van der Waals surface area (Å²) < 4.78 is 0. The number of phenols is 1. The van der Waals surface area contributed by atoms with Crippen molar-refractivity contribution in [2.45, 2.75) is 0 Å². The number of phenolic OH excluding ortho intramolecular Hbond substituents is 1. The van der Waals surface area contributed by atoms with E-state index in [0.717, 1.165) is 0 Å². The monoisotopic (exact) mass is 308 g/mol. The molecule has 0 heterocycles. The predicted molar refractivity (Wildman–Crippen MR) is 79.6 cm³/mol. The number of hydrazone groups is 1. The molecule has 2 rings (SSSR count). The van der Waals surface area contributed by atoms with E-state index in [1.54, 1.807) is 18.2 Å². The smallest absolute Gasteiger partial charge is 0.271 e. The van der Waals surface area contributed by atoms with Crippen molar-refractivity contribution in [1.82, 2.24) is 5.43 Å². The van der Waals surface area contributed by atoms with Gasteiger partial charge in [-0.05, 0) is 36.4 Å². The van der Waals surface area contributed by atoms with E-state index in [1.807, 2.05) is 0 Å². The van der Waals surface area contributed by atoms with Crippen molar-refractivity contribution in [2.75, 3.05) is 0 Å². The van der Waals surface area contributed by atoms with Gasteiger partial charge >= 0.3 is 0 Å². The Labute approximate surface area is 125 Å². The molecule has 0 radical (unpaired) electrons. The first-order valence-corrected chi connectivity index (χ1v) is 6.40. The number of nitrogens with one attached hydrogen (secondary N) is 1. The van der Waals surface area contributed by atoms with E-state index < -0.39 is 5.91 Å². The zero-order chi connectivity index (χ0) is 14.5. The lowest BCUT2D eigenvalue weighted by atomic mass is 10.2. The van der Waals surface area contributed by atoms with Gasteiger partial charge in [0.05, 0.1) is 16.3 Å². The van der Waals surface area contributed by atoms with Gasteiger partial charge in [0.2, 0.25) is 0 Å². The number of nitrogens with zero attached hydrogens (tertiary/aromatic N) is 1. The number of hydrogen-bond acceptors (Lipinski definition) is 3. The Balaban J connectivity index is 2.06. The van der Waals surface area contributed by atoms with Crippen molar-refractivity contribution in [3.8, 4) is 5.75 Å². The quantitative estimate of drug-likeness (QED) is 0.674. The highest BCUT2D eigenvalue weighted by molar-refractivity contribution is 6.38. The topological polar surface area (TPSA) is 61.7 Å². The zero-order valence-corrected chi connectivity index (χ0v) is 11.7. The molecule has 0 atom stereocenters. The van der Waals surface area contributed by atoms with Crippen molar-refractivity contribution in [2.24, 2.45) is 5.10 Å². The third-order valence-corrected chi connectivity index (χ3v) is 3.15. The number of halogens is 2. The van der Waals surface area contributed by atoms with Crippen LogP contribution in [0.2, 0.25) is 10.0 Å². The largest absolute Gasteiger partial charge is 0.508 e. The Morgan fingerprint density at radius 1 is 1.10 bits per heavy atom. The Morgan fingerprint density at radius 3 is 2.30 bits per heavy atom. The van der Waals surface area contributed by atoms with Gasteiger partial charge in [-0.25, -0.2) is 5.43 Å². The van der Waals surface area contributed by atoms with Gasteiger partial charge in [0.15, 0.2) is 0 Å². The second kappa shape index (κ2) is 6.41.